The molecule has 0 saturated heterocycles. The predicted molar refractivity (Wildman–Crippen MR) is 224 cm³/mol. The van der Waals surface area contributed by atoms with Crippen LogP contribution in [0.25, 0.3) is 0 Å². The second-order valence-corrected chi connectivity index (χ2v) is 13.5. The van der Waals surface area contributed by atoms with E-state index in [4.69, 9.17) is 14.2 Å². The van der Waals surface area contributed by atoms with Gasteiger partial charge in [0, 0.05) is 12.8 Å². The Bertz CT molecular complexity index is 1080. The topological polar surface area (TPSA) is 78.9 Å². The summed E-state index contributed by atoms with van der Waals surface area (Å²) in [4.78, 5) is 37.4. The maximum atomic E-state index is 12.6. The fourth-order valence-electron chi connectivity index (χ4n) is 5.26. The van der Waals surface area contributed by atoms with Crippen molar-refractivity contribution in [1.82, 2.24) is 0 Å². The maximum Gasteiger partial charge on any atom is 0.309 e. The van der Waals surface area contributed by atoms with E-state index >= 15 is 0 Å². The molecule has 6 nitrogen and oxygen atoms in total. The summed E-state index contributed by atoms with van der Waals surface area (Å²) in [5, 5.41) is 0. The van der Waals surface area contributed by atoms with Crippen molar-refractivity contribution < 1.29 is 28.6 Å². The molecule has 0 amide bonds. The summed E-state index contributed by atoms with van der Waals surface area (Å²) in [6, 6.07) is 0. The summed E-state index contributed by atoms with van der Waals surface area (Å²) >= 11 is 0. The maximum absolute atomic E-state index is 12.6. The van der Waals surface area contributed by atoms with Crippen LogP contribution in [-0.2, 0) is 28.6 Å². The van der Waals surface area contributed by atoms with E-state index in [-0.39, 0.29) is 31.6 Å². The molecule has 0 aromatic rings. The van der Waals surface area contributed by atoms with Gasteiger partial charge >= 0.3 is 17.9 Å². The molecular formula is C47H76O6. The van der Waals surface area contributed by atoms with Crippen LogP contribution in [0.2, 0.25) is 0 Å². The van der Waals surface area contributed by atoms with Gasteiger partial charge in [-0.3, -0.25) is 14.4 Å². The monoisotopic (exact) mass is 737 g/mol. The van der Waals surface area contributed by atoms with Gasteiger partial charge in [-0.05, 0) is 70.6 Å². The zero-order chi connectivity index (χ0) is 38.7. The highest BCUT2D eigenvalue weighted by Crippen LogP contribution is 2.12. The van der Waals surface area contributed by atoms with Crippen LogP contribution in [-0.4, -0.2) is 37.2 Å². The van der Waals surface area contributed by atoms with Crippen LogP contribution in [0, 0.1) is 0 Å². The molecular weight excluding hydrogens is 661 g/mol. The molecule has 0 aliphatic rings. The third-order valence-electron chi connectivity index (χ3n) is 8.40. The van der Waals surface area contributed by atoms with E-state index in [1.165, 1.54) is 32.1 Å². The SMILES string of the molecule is CC/C=C\C/C=C\C/C=C\C/C=C\C/C=C\CC(=O)OCC(COC(=O)CCCCCCCCC)OC(=O)CCCCCCC/C=C\C/C=C\CCC. The van der Waals surface area contributed by atoms with E-state index < -0.39 is 12.1 Å². The van der Waals surface area contributed by atoms with E-state index in [9.17, 15) is 14.4 Å². The van der Waals surface area contributed by atoms with Crippen LogP contribution < -0.4 is 0 Å². The number of carbonyl (C=O) groups is 3. The van der Waals surface area contributed by atoms with Crippen LogP contribution in [0.15, 0.2) is 85.1 Å². The molecule has 1 atom stereocenters. The average Bonchev–Trinajstić information content (AvgIpc) is 3.15. The summed E-state index contributed by atoms with van der Waals surface area (Å²) in [6.07, 6.45) is 51.7. The molecule has 6 heteroatoms. The van der Waals surface area contributed by atoms with Crippen molar-refractivity contribution in [2.24, 2.45) is 0 Å². The molecule has 0 radical (unpaired) electrons. The van der Waals surface area contributed by atoms with Gasteiger partial charge in [-0.1, -0.05) is 170 Å². The molecule has 0 fully saturated rings. The lowest BCUT2D eigenvalue weighted by molar-refractivity contribution is -0.166. The molecule has 0 aromatic carbocycles. The quantitative estimate of drug-likeness (QED) is 0.0276. The molecule has 0 heterocycles. The largest absolute Gasteiger partial charge is 0.462 e. The first-order valence-electron chi connectivity index (χ1n) is 21.1. The first-order chi connectivity index (χ1) is 26.0. The average molecular weight is 737 g/mol. The van der Waals surface area contributed by atoms with Crippen LogP contribution in [0.5, 0.6) is 0 Å². The van der Waals surface area contributed by atoms with E-state index in [1.54, 1.807) is 6.08 Å². The number of hydrogen-bond donors (Lipinski definition) is 0. The van der Waals surface area contributed by atoms with Crippen LogP contribution in [0.4, 0.5) is 0 Å². The minimum absolute atomic E-state index is 0.113. The third kappa shape index (κ3) is 39.6. The number of unbranched alkanes of at least 4 members (excludes halogenated alkanes) is 12. The third-order valence-corrected chi connectivity index (χ3v) is 8.40. The van der Waals surface area contributed by atoms with Crippen molar-refractivity contribution in [3.63, 3.8) is 0 Å². The van der Waals surface area contributed by atoms with E-state index in [0.29, 0.717) is 12.8 Å². The lowest BCUT2D eigenvalue weighted by Gasteiger charge is -2.18. The summed E-state index contributed by atoms with van der Waals surface area (Å²) in [5.41, 5.74) is 0. The lowest BCUT2D eigenvalue weighted by Crippen LogP contribution is -2.30. The highest BCUT2D eigenvalue weighted by Gasteiger charge is 2.19. The highest BCUT2D eigenvalue weighted by molar-refractivity contribution is 5.72. The Morgan fingerprint density at radius 2 is 0.849 bits per heavy atom. The van der Waals surface area contributed by atoms with Crippen molar-refractivity contribution in [3.05, 3.63) is 85.1 Å². The Hall–Kier alpha value is -3.41. The van der Waals surface area contributed by atoms with Crippen LogP contribution >= 0.6 is 0 Å². The summed E-state index contributed by atoms with van der Waals surface area (Å²) < 4.78 is 16.5. The molecule has 0 aromatic heterocycles. The highest BCUT2D eigenvalue weighted by atomic mass is 16.6. The van der Waals surface area contributed by atoms with Gasteiger partial charge in [-0.25, -0.2) is 0 Å². The Labute approximate surface area is 325 Å². The molecule has 0 aliphatic carbocycles. The van der Waals surface area contributed by atoms with Gasteiger partial charge in [0.15, 0.2) is 6.10 Å². The fraction of sp³-hybridized carbons (Fsp3) is 0.638. The molecule has 53 heavy (non-hydrogen) atoms. The molecule has 0 spiro atoms. The molecule has 0 N–H and O–H groups in total. The van der Waals surface area contributed by atoms with Crippen molar-refractivity contribution >= 4 is 17.9 Å². The van der Waals surface area contributed by atoms with Gasteiger partial charge < -0.3 is 14.2 Å². The van der Waals surface area contributed by atoms with Crippen molar-refractivity contribution in [2.45, 2.75) is 181 Å². The number of rotatable bonds is 36. The van der Waals surface area contributed by atoms with Gasteiger partial charge in [0.2, 0.25) is 0 Å². The molecule has 300 valence electrons. The van der Waals surface area contributed by atoms with Crippen LogP contribution in [0.3, 0.4) is 0 Å². The van der Waals surface area contributed by atoms with Crippen molar-refractivity contribution in [2.75, 3.05) is 13.2 Å². The lowest BCUT2D eigenvalue weighted by atomic mass is 10.1. The molecule has 0 rings (SSSR count). The fourth-order valence-corrected chi connectivity index (χ4v) is 5.26. The standard InChI is InChI=1S/C47H76O6/c1-4-7-10-13-16-18-20-22-23-25-26-28-31-34-37-40-46(49)52-43-44(42-51-45(48)39-36-33-30-15-12-9-6-3)53-47(50)41-38-35-32-29-27-24-21-19-17-14-11-8-5-2/h7,10-11,14,16,18-19,21-23,26,28,34,37,44H,4-6,8-9,12-13,15,17,20,24-25,27,29-33,35-36,38-43H2,1-3H3/b10-7-,14-11-,18-16-,21-19-,23-22-,28-26-,37-34-. The minimum atomic E-state index is -0.818. The Morgan fingerprint density at radius 1 is 0.415 bits per heavy atom. The first kappa shape index (κ1) is 49.6. The Balaban J connectivity index is 4.51. The van der Waals surface area contributed by atoms with Gasteiger partial charge in [0.1, 0.15) is 13.2 Å². The van der Waals surface area contributed by atoms with E-state index in [0.717, 1.165) is 103 Å². The number of hydrogen-bond acceptors (Lipinski definition) is 6. The summed E-state index contributed by atoms with van der Waals surface area (Å²) in [5.74, 6) is -1.08. The van der Waals surface area contributed by atoms with Crippen LogP contribution in [0.1, 0.15) is 175 Å². The van der Waals surface area contributed by atoms with Gasteiger partial charge in [-0.2, -0.15) is 0 Å². The molecule has 0 saturated carbocycles. The van der Waals surface area contributed by atoms with Crippen molar-refractivity contribution in [3.8, 4) is 0 Å². The number of ether oxygens (including phenoxy) is 3. The number of carbonyl (C=O) groups excluding carboxylic acids is 3. The molecule has 1 unspecified atom stereocenters. The second kappa shape index (κ2) is 41.3. The Kier molecular flexibility index (Phi) is 38.7. The number of allylic oxidation sites excluding steroid dienone is 13. The van der Waals surface area contributed by atoms with E-state index in [1.807, 2.05) is 6.08 Å². The summed E-state index contributed by atoms with van der Waals surface area (Å²) in [6.45, 7) is 6.27. The van der Waals surface area contributed by atoms with E-state index in [2.05, 4.69) is 93.7 Å². The zero-order valence-corrected chi connectivity index (χ0v) is 34.0. The minimum Gasteiger partial charge on any atom is -0.462 e. The summed E-state index contributed by atoms with van der Waals surface area (Å²) in [7, 11) is 0. The van der Waals surface area contributed by atoms with Gasteiger partial charge in [-0.15, -0.1) is 0 Å². The zero-order valence-electron chi connectivity index (χ0n) is 34.0. The smallest absolute Gasteiger partial charge is 0.309 e. The normalized spacial score (nSPS) is 12.9. The second-order valence-electron chi connectivity index (χ2n) is 13.5. The molecule has 0 aliphatic heterocycles. The molecule has 0 bridgehead atoms. The first-order valence-corrected chi connectivity index (χ1v) is 21.1. The Morgan fingerprint density at radius 3 is 1.40 bits per heavy atom. The van der Waals surface area contributed by atoms with Crippen molar-refractivity contribution in [1.29, 1.82) is 0 Å². The number of esters is 3. The predicted octanol–water partition coefficient (Wildman–Crippen LogP) is 13.3. The van der Waals surface area contributed by atoms with Gasteiger partial charge in [0.25, 0.3) is 0 Å². The van der Waals surface area contributed by atoms with Gasteiger partial charge in [0.05, 0.1) is 6.42 Å².